The van der Waals surface area contributed by atoms with Crippen LogP contribution in [0.5, 0.6) is 0 Å². The molecule has 1 aromatic rings. The van der Waals surface area contributed by atoms with Gasteiger partial charge in [0, 0.05) is 43.8 Å². The highest BCUT2D eigenvalue weighted by molar-refractivity contribution is 7.89. The Hall–Kier alpha value is -1.97. The highest BCUT2D eigenvalue weighted by Gasteiger charge is 2.38. The summed E-state index contributed by atoms with van der Waals surface area (Å²) in [7, 11) is -3.85. The van der Waals surface area contributed by atoms with E-state index >= 15 is 0 Å². The Bertz CT molecular complexity index is 816. The molecule has 3 atom stereocenters. The average Bonchev–Trinajstić information content (AvgIpc) is 2.94. The molecule has 2 fully saturated rings. The predicted molar refractivity (Wildman–Crippen MR) is 96.9 cm³/mol. The smallest absolute Gasteiger partial charge is 0.238 e. The molecule has 3 rings (SSSR count). The first-order valence-electron chi connectivity index (χ1n) is 8.63. The Kier molecular flexibility index (Phi) is 5.05. The molecule has 0 saturated carbocycles. The molecule has 26 heavy (non-hydrogen) atoms. The van der Waals surface area contributed by atoms with Gasteiger partial charge in [-0.2, -0.15) is 0 Å². The highest BCUT2D eigenvalue weighted by atomic mass is 32.2. The maximum Gasteiger partial charge on any atom is 0.238 e. The van der Waals surface area contributed by atoms with Gasteiger partial charge in [0.05, 0.1) is 10.8 Å². The summed E-state index contributed by atoms with van der Waals surface area (Å²) in [6, 6.07) is 6.36. The summed E-state index contributed by atoms with van der Waals surface area (Å²) in [5.74, 6) is -0.632. The van der Waals surface area contributed by atoms with Gasteiger partial charge in [-0.1, -0.05) is 6.07 Å². The lowest BCUT2D eigenvalue weighted by Crippen LogP contribution is -2.57. The third-order valence-corrected chi connectivity index (χ3v) is 5.71. The number of carbonyl (C=O) groups is 2. The van der Waals surface area contributed by atoms with Crippen LogP contribution in [0.2, 0.25) is 0 Å². The summed E-state index contributed by atoms with van der Waals surface area (Å²) >= 11 is 0. The van der Waals surface area contributed by atoms with Gasteiger partial charge in [0.25, 0.3) is 0 Å². The largest absolute Gasteiger partial charge is 0.339 e. The van der Waals surface area contributed by atoms with E-state index in [4.69, 9.17) is 5.14 Å². The van der Waals surface area contributed by atoms with Crippen LogP contribution >= 0.6 is 0 Å². The number of benzene rings is 1. The molecule has 9 heteroatoms. The summed E-state index contributed by atoms with van der Waals surface area (Å²) in [5.41, 5.74) is 0.443. The van der Waals surface area contributed by atoms with Crippen molar-refractivity contribution in [3.05, 3.63) is 24.3 Å². The molecule has 0 aromatic heterocycles. The Morgan fingerprint density at radius 2 is 1.85 bits per heavy atom. The number of amides is 2. The van der Waals surface area contributed by atoms with Crippen molar-refractivity contribution < 1.29 is 18.0 Å². The molecule has 0 spiro atoms. The molecule has 2 aliphatic heterocycles. The van der Waals surface area contributed by atoms with Crippen molar-refractivity contribution in [3.8, 4) is 0 Å². The molecule has 3 N–H and O–H groups in total. The van der Waals surface area contributed by atoms with Crippen LogP contribution in [0.4, 0.5) is 5.69 Å². The number of sulfonamides is 1. The zero-order valence-electron chi connectivity index (χ0n) is 14.9. The normalized spacial score (nSPS) is 27.0. The second-order valence-electron chi connectivity index (χ2n) is 7.16. The van der Waals surface area contributed by atoms with E-state index in [2.05, 4.69) is 5.32 Å². The lowest BCUT2D eigenvalue weighted by atomic mass is 10.0. The first kappa shape index (κ1) is 18.8. The fourth-order valence-electron chi connectivity index (χ4n) is 3.72. The van der Waals surface area contributed by atoms with Gasteiger partial charge in [-0.25, -0.2) is 13.6 Å². The van der Waals surface area contributed by atoms with Crippen molar-refractivity contribution in [1.82, 2.24) is 10.2 Å². The van der Waals surface area contributed by atoms with Crippen LogP contribution in [0.3, 0.4) is 0 Å². The first-order valence-corrected chi connectivity index (χ1v) is 10.2. The van der Waals surface area contributed by atoms with Crippen molar-refractivity contribution in [2.24, 2.45) is 11.1 Å². The number of anilines is 1. The quantitative estimate of drug-likeness (QED) is 0.760. The summed E-state index contributed by atoms with van der Waals surface area (Å²) < 4.78 is 23.1. The van der Waals surface area contributed by atoms with Crippen molar-refractivity contribution in [3.63, 3.8) is 0 Å². The third-order valence-electron chi connectivity index (χ3n) is 4.80. The van der Waals surface area contributed by atoms with Gasteiger partial charge in [0.1, 0.15) is 0 Å². The Labute approximate surface area is 153 Å². The molecule has 2 aliphatic rings. The van der Waals surface area contributed by atoms with E-state index in [1.165, 1.54) is 23.1 Å². The number of hydrogen-bond donors (Lipinski definition) is 2. The number of nitrogens with two attached hydrogens (primary N) is 1. The van der Waals surface area contributed by atoms with E-state index < -0.39 is 15.9 Å². The molecule has 1 aromatic carbocycles. The lowest BCUT2D eigenvalue weighted by molar-refractivity contribution is -0.137. The van der Waals surface area contributed by atoms with Gasteiger partial charge in [0.2, 0.25) is 21.8 Å². The van der Waals surface area contributed by atoms with Gasteiger partial charge in [-0.3, -0.25) is 9.59 Å². The lowest BCUT2D eigenvalue weighted by Gasteiger charge is -2.37. The maximum absolute atomic E-state index is 12.8. The van der Waals surface area contributed by atoms with Crippen LogP contribution in [0.1, 0.15) is 20.3 Å². The topological polar surface area (TPSA) is 113 Å². The van der Waals surface area contributed by atoms with E-state index in [0.29, 0.717) is 18.8 Å². The Morgan fingerprint density at radius 3 is 2.46 bits per heavy atom. The molecule has 0 aliphatic carbocycles. The van der Waals surface area contributed by atoms with Crippen molar-refractivity contribution in [2.45, 2.75) is 37.2 Å². The SMILES string of the molecule is C[C@@H]1CN(C(=O)[C@@H]2CC(=O)N(c3cccc(S(N)(=O)=O)c3)C2)C[C@H](C)N1. The van der Waals surface area contributed by atoms with E-state index in [1.54, 1.807) is 6.07 Å². The molecular weight excluding hydrogens is 356 g/mol. The van der Waals surface area contributed by atoms with Crippen LogP contribution < -0.4 is 15.4 Å². The molecule has 2 saturated heterocycles. The van der Waals surface area contributed by atoms with Gasteiger partial charge < -0.3 is 15.1 Å². The highest BCUT2D eigenvalue weighted by Crippen LogP contribution is 2.28. The van der Waals surface area contributed by atoms with Crippen LogP contribution in [0, 0.1) is 5.92 Å². The second-order valence-corrected chi connectivity index (χ2v) is 8.72. The van der Waals surface area contributed by atoms with Crippen LogP contribution in [-0.4, -0.2) is 56.9 Å². The molecular formula is C17H24N4O4S. The van der Waals surface area contributed by atoms with Crippen LogP contribution in [-0.2, 0) is 19.6 Å². The molecule has 8 nitrogen and oxygen atoms in total. The average molecular weight is 380 g/mol. The molecule has 0 unspecified atom stereocenters. The van der Waals surface area contributed by atoms with Gasteiger partial charge in [0.15, 0.2) is 0 Å². The first-order chi connectivity index (χ1) is 12.1. The molecule has 0 bridgehead atoms. The number of primary sulfonamides is 1. The predicted octanol–water partition coefficient (Wildman–Crippen LogP) is -0.104. The number of nitrogens with one attached hydrogen (secondary N) is 1. The van der Waals surface area contributed by atoms with E-state index in [-0.39, 0.29) is 41.8 Å². The monoisotopic (exact) mass is 380 g/mol. The zero-order chi connectivity index (χ0) is 19.1. The van der Waals surface area contributed by atoms with Gasteiger partial charge in [-0.15, -0.1) is 0 Å². The molecule has 0 radical (unpaired) electrons. The van der Waals surface area contributed by atoms with Gasteiger partial charge in [-0.05, 0) is 32.0 Å². The van der Waals surface area contributed by atoms with E-state index in [0.717, 1.165) is 0 Å². The summed E-state index contributed by atoms with van der Waals surface area (Å²) in [6.45, 7) is 5.55. The molecule has 2 heterocycles. The van der Waals surface area contributed by atoms with Gasteiger partial charge >= 0.3 is 0 Å². The minimum Gasteiger partial charge on any atom is -0.339 e. The van der Waals surface area contributed by atoms with Crippen molar-refractivity contribution in [2.75, 3.05) is 24.5 Å². The van der Waals surface area contributed by atoms with Crippen LogP contribution in [0.15, 0.2) is 29.2 Å². The summed E-state index contributed by atoms with van der Waals surface area (Å²) in [6.07, 6.45) is 0.130. The summed E-state index contributed by atoms with van der Waals surface area (Å²) in [4.78, 5) is 28.5. The number of carbonyl (C=O) groups excluding carboxylic acids is 2. The number of piperazine rings is 1. The number of rotatable bonds is 3. The Morgan fingerprint density at radius 1 is 1.19 bits per heavy atom. The van der Waals surface area contributed by atoms with Crippen LogP contribution in [0.25, 0.3) is 0 Å². The number of hydrogen-bond acceptors (Lipinski definition) is 5. The minimum atomic E-state index is -3.85. The second kappa shape index (κ2) is 6.98. The minimum absolute atomic E-state index is 0.0244. The fourth-order valence-corrected chi connectivity index (χ4v) is 4.27. The van der Waals surface area contributed by atoms with E-state index in [1.807, 2.05) is 18.7 Å². The standard InChI is InChI=1S/C17H24N4O4S/c1-11-8-20(9-12(2)19-11)17(23)13-6-16(22)21(10-13)14-4-3-5-15(7-14)26(18,24)25/h3-5,7,11-13,19H,6,8-10H2,1-2H3,(H2,18,24,25)/t11-,12+,13-/m1/s1. The molecule has 2 amide bonds. The maximum atomic E-state index is 12.8. The van der Waals surface area contributed by atoms with Crippen molar-refractivity contribution >= 4 is 27.5 Å². The summed E-state index contributed by atoms with van der Waals surface area (Å²) in [5, 5.41) is 8.54. The molecule has 142 valence electrons. The third kappa shape index (κ3) is 3.89. The fraction of sp³-hybridized carbons (Fsp3) is 0.529. The Balaban J connectivity index is 1.76. The van der Waals surface area contributed by atoms with Crippen molar-refractivity contribution in [1.29, 1.82) is 0 Å². The number of nitrogens with zero attached hydrogens (tertiary/aromatic N) is 2. The van der Waals surface area contributed by atoms with E-state index in [9.17, 15) is 18.0 Å². The zero-order valence-corrected chi connectivity index (χ0v) is 15.7.